The summed E-state index contributed by atoms with van der Waals surface area (Å²) in [5.41, 5.74) is -2.88. The van der Waals surface area contributed by atoms with E-state index < -0.39 is 22.4 Å². The Balaban J connectivity index is 3.59. The molecule has 0 fully saturated rings. The minimum atomic E-state index is -4.86. The summed E-state index contributed by atoms with van der Waals surface area (Å²) in [5.74, 6) is -0.329. The number of alkyl halides is 4. The van der Waals surface area contributed by atoms with Crippen molar-refractivity contribution < 1.29 is 18.1 Å². The lowest BCUT2D eigenvalue weighted by Gasteiger charge is -2.09. The van der Waals surface area contributed by atoms with Crippen LogP contribution >= 0.6 is 11.6 Å². The van der Waals surface area contributed by atoms with Crippen molar-refractivity contribution in [2.75, 3.05) is 0 Å². The standard InChI is InChI=1S/C9H4ClF3N2O2/c10-3-5-1-7(9(11,12)13)8(15(16)17)2-6(5)4-14/h1-2H,3H2. The Bertz CT molecular complexity index is 508. The van der Waals surface area contributed by atoms with E-state index in [9.17, 15) is 23.3 Å². The van der Waals surface area contributed by atoms with Crippen molar-refractivity contribution in [2.45, 2.75) is 12.1 Å². The molecule has 0 aliphatic carbocycles. The summed E-state index contributed by atoms with van der Waals surface area (Å²) in [6, 6.07) is 2.68. The Kier molecular flexibility index (Phi) is 3.58. The summed E-state index contributed by atoms with van der Waals surface area (Å²) >= 11 is 5.38. The van der Waals surface area contributed by atoms with Crippen molar-refractivity contribution in [3.63, 3.8) is 0 Å². The molecule has 0 saturated carbocycles. The van der Waals surface area contributed by atoms with Gasteiger partial charge in [0.25, 0.3) is 5.69 Å². The molecule has 90 valence electrons. The Morgan fingerprint density at radius 2 is 2.06 bits per heavy atom. The summed E-state index contributed by atoms with van der Waals surface area (Å²) < 4.78 is 37.6. The van der Waals surface area contributed by atoms with Crippen molar-refractivity contribution in [1.82, 2.24) is 0 Å². The molecule has 0 aromatic heterocycles. The van der Waals surface area contributed by atoms with Crippen LogP contribution in [-0.2, 0) is 12.1 Å². The molecular formula is C9H4ClF3N2O2. The second-order valence-corrected chi connectivity index (χ2v) is 3.29. The minimum Gasteiger partial charge on any atom is -0.258 e. The fourth-order valence-corrected chi connectivity index (χ4v) is 1.45. The zero-order valence-corrected chi connectivity index (χ0v) is 8.84. The average Bonchev–Trinajstić information content (AvgIpc) is 2.25. The fraction of sp³-hybridized carbons (Fsp3) is 0.222. The SMILES string of the molecule is N#Cc1cc([N+](=O)[O-])c(C(F)(F)F)cc1CCl. The molecule has 0 atom stereocenters. The van der Waals surface area contributed by atoms with E-state index in [0.29, 0.717) is 12.1 Å². The monoisotopic (exact) mass is 264 g/mol. The predicted molar refractivity (Wildman–Crippen MR) is 52.4 cm³/mol. The number of hydrogen-bond acceptors (Lipinski definition) is 3. The highest BCUT2D eigenvalue weighted by Crippen LogP contribution is 2.37. The van der Waals surface area contributed by atoms with Gasteiger partial charge in [0, 0.05) is 11.9 Å². The smallest absolute Gasteiger partial charge is 0.258 e. The van der Waals surface area contributed by atoms with Crippen LogP contribution in [0, 0.1) is 21.4 Å². The first-order valence-electron chi connectivity index (χ1n) is 4.15. The molecule has 0 amide bonds. The van der Waals surface area contributed by atoms with Gasteiger partial charge < -0.3 is 0 Å². The van der Waals surface area contributed by atoms with Gasteiger partial charge in [-0.2, -0.15) is 18.4 Å². The van der Waals surface area contributed by atoms with Gasteiger partial charge in [0.15, 0.2) is 0 Å². The molecule has 1 aromatic rings. The number of nitro groups is 1. The molecule has 0 N–H and O–H groups in total. The fourth-order valence-electron chi connectivity index (χ4n) is 1.23. The molecule has 0 spiro atoms. The van der Waals surface area contributed by atoms with Gasteiger partial charge in [-0.15, -0.1) is 11.6 Å². The molecule has 1 aromatic carbocycles. The summed E-state index contributed by atoms with van der Waals surface area (Å²) in [5, 5.41) is 19.1. The van der Waals surface area contributed by atoms with Gasteiger partial charge in [-0.3, -0.25) is 10.1 Å². The van der Waals surface area contributed by atoms with Crippen LogP contribution in [0.5, 0.6) is 0 Å². The van der Waals surface area contributed by atoms with E-state index in [2.05, 4.69) is 0 Å². The highest BCUT2D eigenvalue weighted by atomic mass is 35.5. The van der Waals surface area contributed by atoms with Gasteiger partial charge in [0.1, 0.15) is 5.56 Å². The van der Waals surface area contributed by atoms with Gasteiger partial charge in [0.05, 0.1) is 16.6 Å². The van der Waals surface area contributed by atoms with Crippen molar-refractivity contribution >= 4 is 17.3 Å². The molecule has 0 unspecified atom stereocenters. The highest BCUT2D eigenvalue weighted by molar-refractivity contribution is 6.17. The third kappa shape index (κ3) is 2.65. The van der Waals surface area contributed by atoms with Crippen molar-refractivity contribution in [3.05, 3.63) is 38.9 Å². The summed E-state index contributed by atoms with van der Waals surface area (Å²) in [6.45, 7) is 0. The molecule has 0 aliphatic heterocycles. The number of nitrogens with zero attached hydrogens (tertiary/aromatic N) is 2. The van der Waals surface area contributed by atoms with Crippen LogP contribution in [0.15, 0.2) is 12.1 Å². The first-order chi connectivity index (χ1) is 7.81. The van der Waals surface area contributed by atoms with Crippen LogP contribution in [0.4, 0.5) is 18.9 Å². The molecule has 8 heteroatoms. The van der Waals surface area contributed by atoms with Crippen LogP contribution in [0.2, 0.25) is 0 Å². The van der Waals surface area contributed by atoms with Crippen LogP contribution in [0.25, 0.3) is 0 Å². The molecular weight excluding hydrogens is 261 g/mol. The maximum Gasteiger partial charge on any atom is 0.423 e. The summed E-state index contributed by atoms with van der Waals surface area (Å²) in [7, 11) is 0. The molecule has 0 bridgehead atoms. The first kappa shape index (κ1) is 13.3. The van der Waals surface area contributed by atoms with Crippen LogP contribution in [0.1, 0.15) is 16.7 Å². The molecule has 0 radical (unpaired) electrons. The van der Waals surface area contributed by atoms with E-state index in [1.165, 1.54) is 0 Å². The zero-order valence-electron chi connectivity index (χ0n) is 8.08. The molecule has 0 aliphatic rings. The van der Waals surface area contributed by atoms with E-state index in [-0.39, 0.29) is 17.0 Å². The molecule has 0 saturated heterocycles. The largest absolute Gasteiger partial charge is 0.423 e. The third-order valence-electron chi connectivity index (χ3n) is 1.99. The van der Waals surface area contributed by atoms with Crippen molar-refractivity contribution in [2.24, 2.45) is 0 Å². The Morgan fingerprint density at radius 3 is 2.41 bits per heavy atom. The maximum atomic E-state index is 12.5. The number of nitriles is 1. The molecule has 17 heavy (non-hydrogen) atoms. The normalized spacial score (nSPS) is 11.0. The van der Waals surface area contributed by atoms with E-state index in [1.54, 1.807) is 6.07 Å². The van der Waals surface area contributed by atoms with Crippen molar-refractivity contribution in [1.29, 1.82) is 5.26 Å². The topological polar surface area (TPSA) is 66.9 Å². The van der Waals surface area contributed by atoms with Gasteiger partial charge in [0.2, 0.25) is 0 Å². The minimum absolute atomic E-state index is 0.0907. The van der Waals surface area contributed by atoms with Gasteiger partial charge in [-0.25, -0.2) is 0 Å². The van der Waals surface area contributed by atoms with Crippen LogP contribution in [-0.4, -0.2) is 4.92 Å². The number of hydrogen-bond donors (Lipinski definition) is 0. The lowest BCUT2D eigenvalue weighted by atomic mass is 10.0. The average molecular weight is 265 g/mol. The van der Waals surface area contributed by atoms with Crippen molar-refractivity contribution in [3.8, 4) is 6.07 Å². The van der Waals surface area contributed by atoms with Crippen LogP contribution in [0.3, 0.4) is 0 Å². The van der Waals surface area contributed by atoms with Gasteiger partial charge in [-0.1, -0.05) is 0 Å². The number of halogens is 4. The predicted octanol–water partition coefficient (Wildman–Crippen LogP) is 3.22. The first-order valence-corrected chi connectivity index (χ1v) is 4.69. The highest BCUT2D eigenvalue weighted by Gasteiger charge is 2.39. The van der Waals surface area contributed by atoms with E-state index in [0.717, 1.165) is 0 Å². The lowest BCUT2D eigenvalue weighted by molar-refractivity contribution is -0.388. The molecule has 0 heterocycles. The van der Waals surface area contributed by atoms with Crippen LogP contribution < -0.4 is 0 Å². The second kappa shape index (κ2) is 4.59. The Morgan fingerprint density at radius 1 is 1.47 bits per heavy atom. The lowest BCUT2D eigenvalue weighted by Crippen LogP contribution is -2.10. The number of nitro benzene ring substituents is 1. The maximum absolute atomic E-state index is 12.5. The second-order valence-electron chi connectivity index (χ2n) is 3.03. The number of benzene rings is 1. The Hall–Kier alpha value is -1.81. The van der Waals surface area contributed by atoms with Gasteiger partial charge >= 0.3 is 6.18 Å². The van der Waals surface area contributed by atoms with Gasteiger partial charge in [-0.05, 0) is 11.6 Å². The summed E-state index contributed by atoms with van der Waals surface area (Å²) in [4.78, 5) is 9.32. The van der Waals surface area contributed by atoms with E-state index in [4.69, 9.17) is 16.9 Å². The van der Waals surface area contributed by atoms with E-state index >= 15 is 0 Å². The van der Waals surface area contributed by atoms with E-state index in [1.807, 2.05) is 0 Å². The Labute approximate surface area is 98.4 Å². The molecule has 4 nitrogen and oxygen atoms in total. The quantitative estimate of drug-likeness (QED) is 0.468. The third-order valence-corrected chi connectivity index (χ3v) is 2.28. The molecule has 1 rings (SSSR count). The number of rotatable bonds is 2. The summed E-state index contributed by atoms with van der Waals surface area (Å²) in [6.07, 6.45) is -4.86. The zero-order chi connectivity index (χ0) is 13.2.